The minimum Gasteiger partial charge on any atom is -0.497 e. The Labute approximate surface area is 192 Å². The molecule has 0 saturated heterocycles. The van der Waals surface area contributed by atoms with Gasteiger partial charge in [0.2, 0.25) is 20.0 Å². The largest absolute Gasteiger partial charge is 0.497 e. The van der Waals surface area contributed by atoms with Gasteiger partial charge in [0.25, 0.3) is 0 Å². The summed E-state index contributed by atoms with van der Waals surface area (Å²) in [4.78, 5) is 4.15. The minimum atomic E-state index is -3.98. The Morgan fingerprint density at radius 3 is 2.45 bits per heavy atom. The molecular weight excluding hydrogens is 471 g/mol. The maximum atomic E-state index is 13.1. The van der Waals surface area contributed by atoms with Gasteiger partial charge in [-0.25, -0.2) is 30.9 Å². The molecule has 33 heavy (non-hydrogen) atoms. The first-order chi connectivity index (χ1) is 15.5. The number of hydrogen-bond donors (Lipinski definition) is 1. The first-order valence-corrected chi connectivity index (χ1v) is 13.0. The molecule has 0 aliphatic rings. The van der Waals surface area contributed by atoms with Crippen LogP contribution in [-0.4, -0.2) is 57.1 Å². The second kappa shape index (κ2) is 10.00. The Balaban J connectivity index is 1.80. The second-order valence-corrected chi connectivity index (χ2v) is 11.2. The van der Waals surface area contributed by atoms with E-state index in [0.717, 1.165) is 28.6 Å². The SMILES string of the molecule is COc1cccc([C@H](NS(=O)(=O)CCN(C)S(=O)(=O)c2ccc(F)cc2)c2nccn2C)c1. The topological polar surface area (TPSA) is 111 Å². The van der Waals surface area contributed by atoms with Crippen molar-refractivity contribution in [3.8, 4) is 5.75 Å². The number of benzene rings is 2. The van der Waals surface area contributed by atoms with Gasteiger partial charge >= 0.3 is 0 Å². The number of sulfonamides is 2. The lowest BCUT2D eigenvalue weighted by Gasteiger charge is -2.21. The lowest BCUT2D eigenvalue weighted by molar-refractivity contribution is 0.413. The summed E-state index contributed by atoms with van der Waals surface area (Å²) >= 11 is 0. The van der Waals surface area contributed by atoms with Gasteiger partial charge in [0.05, 0.1) is 17.8 Å². The minimum absolute atomic E-state index is 0.126. The average Bonchev–Trinajstić information content (AvgIpc) is 3.21. The van der Waals surface area contributed by atoms with Gasteiger partial charge in [-0.2, -0.15) is 4.31 Å². The van der Waals surface area contributed by atoms with Gasteiger partial charge < -0.3 is 9.30 Å². The first-order valence-electron chi connectivity index (χ1n) is 9.86. The van der Waals surface area contributed by atoms with Crippen molar-refractivity contribution in [2.75, 3.05) is 26.5 Å². The quantitative estimate of drug-likeness (QED) is 0.459. The van der Waals surface area contributed by atoms with Crippen LogP contribution in [0.3, 0.4) is 0 Å². The number of rotatable bonds is 10. The van der Waals surface area contributed by atoms with E-state index in [2.05, 4.69) is 9.71 Å². The zero-order valence-electron chi connectivity index (χ0n) is 18.3. The molecule has 0 saturated carbocycles. The highest BCUT2D eigenvalue weighted by molar-refractivity contribution is 7.90. The molecule has 3 rings (SSSR count). The highest BCUT2D eigenvalue weighted by Crippen LogP contribution is 2.25. The number of aromatic nitrogens is 2. The van der Waals surface area contributed by atoms with Crippen molar-refractivity contribution in [1.82, 2.24) is 18.6 Å². The number of aryl methyl sites for hydroxylation is 1. The van der Waals surface area contributed by atoms with E-state index in [9.17, 15) is 21.2 Å². The Bertz CT molecular complexity index is 1310. The number of ether oxygens (including phenoxy) is 1. The van der Waals surface area contributed by atoms with Crippen molar-refractivity contribution in [3.05, 3.63) is 78.1 Å². The van der Waals surface area contributed by atoms with E-state index < -0.39 is 37.7 Å². The van der Waals surface area contributed by atoms with Crippen LogP contribution >= 0.6 is 0 Å². The average molecular weight is 497 g/mol. The summed E-state index contributed by atoms with van der Waals surface area (Å²) in [5.74, 6) is -0.0501. The van der Waals surface area contributed by atoms with E-state index in [1.54, 1.807) is 48.3 Å². The summed E-state index contributed by atoms with van der Waals surface area (Å²) in [6.07, 6.45) is 3.25. The smallest absolute Gasteiger partial charge is 0.242 e. The van der Waals surface area contributed by atoms with Crippen LogP contribution in [0.25, 0.3) is 0 Å². The third-order valence-electron chi connectivity index (χ3n) is 5.04. The molecule has 12 heteroatoms. The van der Waals surface area contributed by atoms with Crippen molar-refractivity contribution in [2.45, 2.75) is 10.9 Å². The molecule has 0 fully saturated rings. The molecule has 1 aromatic heterocycles. The van der Waals surface area contributed by atoms with E-state index in [1.165, 1.54) is 14.2 Å². The predicted molar refractivity (Wildman–Crippen MR) is 121 cm³/mol. The highest BCUT2D eigenvalue weighted by atomic mass is 32.2. The zero-order chi connectivity index (χ0) is 24.2. The fourth-order valence-electron chi connectivity index (χ4n) is 3.14. The molecular formula is C21H25FN4O5S2. The molecule has 0 aliphatic heterocycles. The summed E-state index contributed by atoms with van der Waals surface area (Å²) in [7, 11) is -3.40. The van der Waals surface area contributed by atoms with Crippen LogP contribution in [0.4, 0.5) is 4.39 Å². The van der Waals surface area contributed by atoms with E-state index in [1.807, 2.05) is 0 Å². The maximum absolute atomic E-state index is 13.1. The zero-order valence-corrected chi connectivity index (χ0v) is 20.0. The number of imidazole rings is 1. The molecule has 178 valence electrons. The molecule has 0 bridgehead atoms. The van der Waals surface area contributed by atoms with E-state index in [0.29, 0.717) is 17.1 Å². The number of nitrogens with one attached hydrogen (secondary N) is 1. The summed E-state index contributed by atoms with van der Waals surface area (Å²) < 4.78 is 74.8. The number of halogens is 1. The van der Waals surface area contributed by atoms with E-state index in [-0.39, 0.29) is 11.4 Å². The van der Waals surface area contributed by atoms with Gasteiger partial charge in [-0.3, -0.25) is 0 Å². The number of nitrogens with zero attached hydrogens (tertiary/aromatic N) is 3. The molecule has 0 unspecified atom stereocenters. The van der Waals surface area contributed by atoms with Crippen LogP contribution < -0.4 is 9.46 Å². The monoisotopic (exact) mass is 496 g/mol. The molecule has 0 spiro atoms. The number of hydrogen-bond acceptors (Lipinski definition) is 6. The normalized spacial score (nSPS) is 13.2. The molecule has 1 N–H and O–H groups in total. The summed E-state index contributed by atoms with van der Waals surface area (Å²) in [6.45, 7) is -0.305. The Hall–Kier alpha value is -2.80. The third-order valence-corrected chi connectivity index (χ3v) is 8.22. The van der Waals surface area contributed by atoms with Crippen molar-refractivity contribution < 1.29 is 26.0 Å². The van der Waals surface area contributed by atoms with Gasteiger partial charge in [0.1, 0.15) is 23.4 Å². The summed E-state index contributed by atoms with van der Waals surface area (Å²) in [6, 6.07) is 10.4. The molecule has 0 aliphatic carbocycles. The molecule has 1 heterocycles. The van der Waals surface area contributed by atoms with Gasteiger partial charge in [-0.05, 0) is 42.0 Å². The Morgan fingerprint density at radius 2 is 1.85 bits per heavy atom. The van der Waals surface area contributed by atoms with Crippen LogP contribution in [-0.2, 0) is 27.1 Å². The van der Waals surface area contributed by atoms with Gasteiger partial charge in [-0.1, -0.05) is 12.1 Å². The summed E-state index contributed by atoms with van der Waals surface area (Å²) in [5.41, 5.74) is 0.611. The van der Waals surface area contributed by atoms with E-state index >= 15 is 0 Å². The molecule has 1 atom stereocenters. The lowest BCUT2D eigenvalue weighted by atomic mass is 10.1. The van der Waals surface area contributed by atoms with Crippen molar-refractivity contribution >= 4 is 20.0 Å². The van der Waals surface area contributed by atoms with Crippen molar-refractivity contribution in [3.63, 3.8) is 0 Å². The van der Waals surface area contributed by atoms with Crippen LogP contribution in [0, 0.1) is 5.82 Å². The van der Waals surface area contributed by atoms with Crippen molar-refractivity contribution in [1.29, 1.82) is 0 Å². The second-order valence-electron chi connectivity index (χ2n) is 7.32. The van der Waals surface area contributed by atoms with Crippen LogP contribution in [0.2, 0.25) is 0 Å². The fraction of sp³-hybridized carbons (Fsp3) is 0.286. The van der Waals surface area contributed by atoms with Crippen LogP contribution in [0.5, 0.6) is 5.75 Å². The molecule has 9 nitrogen and oxygen atoms in total. The van der Waals surface area contributed by atoms with Crippen LogP contribution in [0.15, 0.2) is 65.8 Å². The predicted octanol–water partition coefficient (Wildman–Crippen LogP) is 1.90. The van der Waals surface area contributed by atoms with Gasteiger partial charge in [0, 0.05) is 33.0 Å². The summed E-state index contributed by atoms with van der Waals surface area (Å²) in [5, 5.41) is 0. The third kappa shape index (κ3) is 5.96. The standard InChI is InChI=1S/C21H25FN4O5S2/c1-25-12-11-23-21(25)20(16-5-4-6-18(15-16)31-3)24-32(27,28)14-13-26(2)33(29,30)19-9-7-17(22)8-10-19/h4-12,15,20,24H,13-14H2,1-3H3/t20-/m0/s1. The molecule has 3 aromatic rings. The van der Waals surface area contributed by atoms with E-state index in [4.69, 9.17) is 4.74 Å². The molecule has 0 amide bonds. The highest BCUT2D eigenvalue weighted by Gasteiger charge is 2.27. The molecule has 2 aromatic carbocycles. The van der Waals surface area contributed by atoms with Gasteiger partial charge in [0.15, 0.2) is 0 Å². The lowest BCUT2D eigenvalue weighted by Crippen LogP contribution is -2.38. The van der Waals surface area contributed by atoms with Gasteiger partial charge in [-0.15, -0.1) is 0 Å². The van der Waals surface area contributed by atoms with Crippen molar-refractivity contribution in [2.24, 2.45) is 7.05 Å². The fourth-order valence-corrected chi connectivity index (χ4v) is 5.66. The molecule has 0 radical (unpaired) electrons. The Morgan fingerprint density at radius 1 is 1.15 bits per heavy atom. The first kappa shape index (κ1) is 24.8. The number of methoxy groups -OCH3 is 1. The maximum Gasteiger partial charge on any atom is 0.242 e. The Kier molecular flexibility index (Phi) is 7.52. The van der Waals surface area contributed by atoms with Crippen LogP contribution in [0.1, 0.15) is 17.4 Å².